The molecular formula is C15H12F3N3OS. The average Bonchev–Trinajstić information content (AvgIpc) is 2.90. The van der Waals surface area contributed by atoms with E-state index in [1.165, 1.54) is 12.1 Å². The molecule has 1 unspecified atom stereocenters. The van der Waals surface area contributed by atoms with Gasteiger partial charge in [0.05, 0.1) is 11.4 Å². The second-order valence-electron chi connectivity index (χ2n) is 4.87. The van der Waals surface area contributed by atoms with Gasteiger partial charge in [-0.05, 0) is 48.5 Å². The van der Waals surface area contributed by atoms with Crippen molar-refractivity contribution >= 4 is 28.7 Å². The first-order chi connectivity index (χ1) is 10.9. The summed E-state index contributed by atoms with van der Waals surface area (Å²) in [6, 6.07) is 9.68. The van der Waals surface area contributed by atoms with Crippen LogP contribution in [0.15, 0.2) is 52.0 Å². The zero-order valence-corrected chi connectivity index (χ0v) is 12.8. The molecule has 1 atom stereocenters. The van der Waals surface area contributed by atoms with Gasteiger partial charge in [0.15, 0.2) is 5.82 Å². The number of halogens is 3. The normalized spacial score (nSPS) is 13.2. The number of pyridine rings is 1. The Balaban J connectivity index is 1.74. The Kier molecular flexibility index (Phi) is 4.16. The third kappa shape index (κ3) is 3.76. The van der Waals surface area contributed by atoms with E-state index in [4.69, 9.17) is 4.52 Å². The van der Waals surface area contributed by atoms with Crippen molar-refractivity contribution in [1.82, 2.24) is 10.1 Å². The molecule has 23 heavy (non-hydrogen) atoms. The molecule has 3 rings (SSSR count). The molecule has 0 radical (unpaired) electrons. The van der Waals surface area contributed by atoms with Crippen LogP contribution in [-0.2, 0) is 0 Å². The monoisotopic (exact) mass is 339 g/mol. The van der Waals surface area contributed by atoms with Gasteiger partial charge in [-0.2, -0.15) is 13.2 Å². The van der Waals surface area contributed by atoms with Crippen LogP contribution in [0, 0.1) is 0 Å². The molecule has 1 N–H and O–H groups in total. The lowest BCUT2D eigenvalue weighted by Gasteiger charge is -2.14. The number of fused-ring (bicyclic) bond motifs is 1. The molecule has 2 aromatic heterocycles. The molecular weight excluding hydrogens is 327 g/mol. The molecule has 0 bridgehead atoms. The number of rotatable bonds is 4. The number of nitrogens with one attached hydrogen (secondary N) is 1. The first kappa shape index (κ1) is 15.7. The van der Waals surface area contributed by atoms with Gasteiger partial charge in [0.25, 0.3) is 5.71 Å². The Hall–Kier alpha value is -2.22. The number of aromatic nitrogens is 2. The second kappa shape index (κ2) is 6.11. The summed E-state index contributed by atoms with van der Waals surface area (Å²) in [6.45, 7) is 1.89. The number of nitrogens with zero attached hydrogens (tertiary/aromatic N) is 2. The smallest absolute Gasteiger partial charge is 0.360 e. The highest BCUT2D eigenvalue weighted by molar-refractivity contribution is 8.00. The van der Waals surface area contributed by atoms with E-state index >= 15 is 0 Å². The van der Waals surface area contributed by atoms with Crippen LogP contribution in [0.1, 0.15) is 18.5 Å². The van der Waals surface area contributed by atoms with Crippen molar-refractivity contribution in [2.45, 2.75) is 23.4 Å². The van der Waals surface area contributed by atoms with Gasteiger partial charge >= 0.3 is 5.51 Å². The Labute approximate surface area is 134 Å². The molecule has 1 aromatic carbocycles. The first-order valence-corrected chi connectivity index (χ1v) is 7.57. The number of anilines is 1. The molecule has 0 spiro atoms. The molecule has 0 aliphatic carbocycles. The van der Waals surface area contributed by atoms with Crippen molar-refractivity contribution in [3.05, 3.63) is 48.2 Å². The van der Waals surface area contributed by atoms with Gasteiger partial charge in [-0.15, -0.1) is 0 Å². The zero-order chi connectivity index (χ0) is 16.4. The van der Waals surface area contributed by atoms with Crippen LogP contribution in [0.4, 0.5) is 19.0 Å². The molecule has 120 valence electrons. The van der Waals surface area contributed by atoms with Gasteiger partial charge in [-0.1, -0.05) is 17.3 Å². The molecule has 3 aromatic rings. The highest BCUT2D eigenvalue weighted by Gasteiger charge is 2.29. The molecule has 2 heterocycles. The lowest BCUT2D eigenvalue weighted by Crippen LogP contribution is -2.07. The number of benzene rings is 1. The predicted octanol–water partition coefficient (Wildman–Crippen LogP) is 5.01. The average molecular weight is 339 g/mol. The van der Waals surface area contributed by atoms with E-state index < -0.39 is 5.51 Å². The van der Waals surface area contributed by atoms with Gasteiger partial charge in [-0.3, -0.25) is 0 Å². The highest BCUT2D eigenvalue weighted by Crippen LogP contribution is 2.37. The summed E-state index contributed by atoms with van der Waals surface area (Å²) >= 11 is -0.128. The zero-order valence-electron chi connectivity index (χ0n) is 12.0. The molecule has 0 aliphatic rings. The fourth-order valence-corrected chi connectivity index (χ4v) is 2.67. The highest BCUT2D eigenvalue weighted by atomic mass is 32.2. The van der Waals surface area contributed by atoms with Crippen LogP contribution in [0.5, 0.6) is 0 Å². The topological polar surface area (TPSA) is 51.0 Å². The lowest BCUT2D eigenvalue weighted by molar-refractivity contribution is -0.0328. The minimum atomic E-state index is -4.28. The fourth-order valence-electron chi connectivity index (χ4n) is 2.13. The largest absolute Gasteiger partial charge is 0.446 e. The van der Waals surface area contributed by atoms with E-state index in [-0.39, 0.29) is 22.7 Å². The molecule has 0 amide bonds. The van der Waals surface area contributed by atoms with Gasteiger partial charge in [0.2, 0.25) is 0 Å². The Morgan fingerprint density at radius 3 is 2.61 bits per heavy atom. The summed E-state index contributed by atoms with van der Waals surface area (Å²) in [5.74, 6) is 0.550. The van der Waals surface area contributed by atoms with Crippen molar-refractivity contribution in [1.29, 1.82) is 0 Å². The summed E-state index contributed by atoms with van der Waals surface area (Å²) in [7, 11) is 0. The summed E-state index contributed by atoms with van der Waals surface area (Å²) in [6.07, 6.45) is 1.61. The van der Waals surface area contributed by atoms with Crippen LogP contribution in [0.2, 0.25) is 0 Å². The minimum absolute atomic E-state index is 0.128. The van der Waals surface area contributed by atoms with Gasteiger partial charge in [0, 0.05) is 11.1 Å². The number of hydrogen-bond acceptors (Lipinski definition) is 5. The van der Waals surface area contributed by atoms with Crippen LogP contribution in [-0.4, -0.2) is 15.6 Å². The molecule has 0 fully saturated rings. The van der Waals surface area contributed by atoms with Crippen molar-refractivity contribution in [3.8, 4) is 0 Å². The maximum absolute atomic E-state index is 12.3. The second-order valence-corrected chi connectivity index (χ2v) is 6.01. The summed E-state index contributed by atoms with van der Waals surface area (Å²) in [5, 5.41) is 7.85. The quantitative estimate of drug-likeness (QED) is 0.677. The van der Waals surface area contributed by atoms with Gasteiger partial charge < -0.3 is 9.84 Å². The van der Waals surface area contributed by atoms with Crippen LogP contribution < -0.4 is 5.32 Å². The molecule has 0 saturated heterocycles. The Morgan fingerprint density at radius 2 is 1.91 bits per heavy atom. The number of thioether (sulfide) groups is 1. The number of alkyl halides is 3. The minimum Gasteiger partial charge on any atom is -0.360 e. The third-order valence-corrected chi connectivity index (χ3v) is 3.96. The predicted molar refractivity (Wildman–Crippen MR) is 82.2 cm³/mol. The number of hydrogen-bond donors (Lipinski definition) is 1. The van der Waals surface area contributed by atoms with Crippen LogP contribution in [0.3, 0.4) is 0 Å². The van der Waals surface area contributed by atoms with E-state index in [0.717, 1.165) is 10.9 Å². The lowest BCUT2D eigenvalue weighted by atomic mass is 10.1. The van der Waals surface area contributed by atoms with Gasteiger partial charge in [-0.25, -0.2) is 4.98 Å². The summed E-state index contributed by atoms with van der Waals surface area (Å²) in [5.41, 5.74) is -3.01. The molecule has 4 nitrogen and oxygen atoms in total. The van der Waals surface area contributed by atoms with E-state index in [0.29, 0.717) is 11.5 Å². The van der Waals surface area contributed by atoms with Crippen molar-refractivity contribution in [2.24, 2.45) is 0 Å². The van der Waals surface area contributed by atoms with Crippen molar-refractivity contribution in [3.63, 3.8) is 0 Å². The summed E-state index contributed by atoms with van der Waals surface area (Å²) < 4.78 is 42.1. The first-order valence-electron chi connectivity index (χ1n) is 6.75. The van der Waals surface area contributed by atoms with Crippen molar-refractivity contribution < 1.29 is 17.7 Å². The van der Waals surface area contributed by atoms with E-state index in [1.807, 2.05) is 13.0 Å². The maximum Gasteiger partial charge on any atom is 0.446 e. The van der Waals surface area contributed by atoms with Crippen molar-refractivity contribution in [2.75, 3.05) is 5.32 Å². The molecule has 0 aliphatic heterocycles. The third-order valence-electron chi connectivity index (χ3n) is 3.22. The maximum atomic E-state index is 12.3. The van der Waals surface area contributed by atoms with E-state index in [9.17, 15) is 13.2 Å². The SMILES string of the molecule is CC(Nc1noc2ncccc12)c1ccc(SC(F)(F)F)cc1. The van der Waals surface area contributed by atoms with Crippen LogP contribution >= 0.6 is 11.8 Å². The fraction of sp³-hybridized carbons (Fsp3) is 0.200. The van der Waals surface area contributed by atoms with Gasteiger partial charge in [0.1, 0.15) is 0 Å². The Morgan fingerprint density at radius 1 is 1.17 bits per heavy atom. The molecule has 8 heteroatoms. The van der Waals surface area contributed by atoms with E-state index in [2.05, 4.69) is 15.5 Å². The van der Waals surface area contributed by atoms with Crippen LogP contribution in [0.25, 0.3) is 11.1 Å². The standard InChI is InChI=1S/C15H12F3N3OS/c1-9(10-4-6-11(7-5-10)23-15(16,17)18)20-13-12-3-2-8-19-14(12)22-21-13/h2-9H,1H3,(H,20,21). The molecule has 0 saturated carbocycles. The summed E-state index contributed by atoms with van der Waals surface area (Å²) in [4.78, 5) is 4.21. The van der Waals surface area contributed by atoms with E-state index in [1.54, 1.807) is 24.4 Å². The Bertz CT molecular complexity index is 802.